The lowest BCUT2D eigenvalue weighted by atomic mass is 10.2. The molecule has 0 radical (unpaired) electrons. The predicted octanol–water partition coefficient (Wildman–Crippen LogP) is 2.51. The molecule has 26 heavy (non-hydrogen) atoms. The Morgan fingerprint density at radius 1 is 1.15 bits per heavy atom. The summed E-state index contributed by atoms with van der Waals surface area (Å²) in [4.78, 5) is 26.8. The fourth-order valence-electron chi connectivity index (χ4n) is 2.44. The van der Waals surface area contributed by atoms with E-state index in [9.17, 15) is 20.0 Å². The van der Waals surface area contributed by atoms with Crippen molar-refractivity contribution in [3.8, 4) is 11.4 Å². The summed E-state index contributed by atoms with van der Waals surface area (Å²) in [6.45, 7) is 3.66. The third kappa shape index (κ3) is 3.25. The number of benzene rings is 2. The lowest BCUT2D eigenvalue weighted by molar-refractivity contribution is -0.385. The first-order valence-corrected chi connectivity index (χ1v) is 7.75. The van der Waals surface area contributed by atoms with Crippen molar-refractivity contribution in [1.29, 1.82) is 0 Å². The highest BCUT2D eigenvalue weighted by atomic mass is 16.6. The summed E-state index contributed by atoms with van der Waals surface area (Å²) in [5, 5.41) is 25.6. The van der Waals surface area contributed by atoms with E-state index in [2.05, 4.69) is 10.1 Å². The van der Waals surface area contributed by atoms with Crippen LogP contribution < -0.4 is 10.7 Å². The van der Waals surface area contributed by atoms with E-state index in [0.29, 0.717) is 11.4 Å². The molecule has 0 saturated heterocycles. The first-order chi connectivity index (χ1) is 12.4. The molecule has 8 heteroatoms. The van der Waals surface area contributed by atoms with Gasteiger partial charge in [0.1, 0.15) is 0 Å². The van der Waals surface area contributed by atoms with Gasteiger partial charge in [-0.1, -0.05) is 29.5 Å². The van der Waals surface area contributed by atoms with Gasteiger partial charge in [0, 0.05) is 24.0 Å². The molecule has 0 aliphatic carbocycles. The van der Waals surface area contributed by atoms with Crippen molar-refractivity contribution in [1.82, 2.24) is 9.78 Å². The highest BCUT2D eigenvalue weighted by Gasteiger charge is 2.11. The van der Waals surface area contributed by atoms with Crippen LogP contribution in [0.2, 0.25) is 0 Å². The average Bonchev–Trinajstić information content (AvgIpc) is 2.89. The van der Waals surface area contributed by atoms with Crippen molar-refractivity contribution in [2.75, 3.05) is 0 Å². The van der Waals surface area contributed by atoms with Gasteiger partial charge in [0.15, 0.2) is 0 Å². The van der Waals surface area contributed by atoms with Crippen LogP contribution in [0.1, 0.15) is 16.8 Å². The van der Waals surface area contributed by atoms with Crippen LogP contribution >= 0.6 is 0 Å². The summed E-state index contributed by atoms with van der Waals surface area (Å²) in [5.74, 6) is -0.459. The highest BCUT2D eigenvalue weighted by molar-refractivity contribution is 5.84. The second-order valence-electron chi connectivity index (χ2n) is 5.79. The number of rotatable bonds is 4. The Hall–Kier alpha value is -3.68. The molecule has 0 unspecified atom stereocenters. The summed E-state index contributed by atoms with van der Waals surface area (Å²) < 4.78 is 1.38. The number of hydrogen-bond donors (Lipinski definition) is 1. The number of nitrogens with one attached hydrogen (secondary N) is 1. The SMILES string of the molecule is Cc1ccc(-n2[nH]c(C)c(C=Nc3cc([N+](=O)[O-])ccc3[O-])c2=O)cc1. The molecule has 0 aliphatic rings. The van der Waals surface area contributed by atoms with Crippen LogP contribution in [0.15, 0.2) is 52.3 Å². The number of aromatic nitrogens is 2. The van der Waals surface area contributed by atoms with Gasteiger partial charge in [-0.15, -0.1) is 0 Å². The number of H-pyrrole nitrogens is 1. The van der Waals surface area contributed by atoms with Gasteiger partial charge in [-0.2, -0.15) is 0 Å². The van der Waals surface area contributed by atoms with E-state index >= 15 is 0 Å². The minimum absolute atomic E-state index is 0.0962. The molecular weight excluding hydrogens is 336 g/mol. The van der Waals surface area contributed by atoms with Crippen molar-refractivity contribution in [2.45, 2.75) is 13.8 Å². The van der Waals surface area contributed by atoms with Crippen molar-refractivity contribution >= 4 is 17.6 Å². The first kappa shape index (κ1) is 17.2. The Labute approximate surface area is 148 Å². The van der Waals surface area contributed by atoms with Crippen molar-refractivity contribution in [3.05, 3.63) is 79.8 Å². The number of hydrogen-bond acceptors (Lipinski definition) is 5. The lowest BCUT2D eigenvalue weighted by Crippen LogP contribution is -2.17. The summed E-state index contributed by atoms with van der Waals surface area (Å²) in [6.07, 6.45) is 1.25. The molecule has 3 rings (SSSR count). The molecule has 0 bridgehead atoms. The number of aryl methyl sites for hydroxylation is 2. The average molecular weight is 351 g/mol. The van der Waals surface area contributed by atoms with E-state index in [-0.39, 0.29) is 22.5 Å². The smallest absolute Gasteiger partial charge is 0.280 e. The molecule has 1 N–H and O–H groups in total. The van der Waals surface area contributed by atoms with E-state index in [1.165, 1.54) is 10.9 Å². The number of non-ortho nitro benzene ring substituents is 1. The molecule has 0 saturated carbocycles. The molecule has 0 amide bonds. The van der Waals surface area contributed by atoms with Crippen LogP contribution in [-0.4, -0.2) is 20.9 Å². The van der Waals surface area contributed by atoms with Crippen molar-refractivity contribution in [3.63, 3.8) is 0 Å². The molecule has 2 aromatic carbocycles. The first-order valence-electron chi connectivity index (χ1n) is 7.75. The minimum Gasteiger partial charge on any atom is -0.871 e. The van der Waals surface area contributed by atoms with E-state index in [1.54, 1.807) is 6.92 Å². The molecule has 1 heterocycles. The fraction of sp³-hybridized carbons (Fsp3) is 0.111. The van der Waals surface area contributed by atoms with E-state index in [0.717, 1.165) is 23.8 Å². The Morgan fingerprint density at radius 3 is 2.50 bits per heavy atom. The second kappa shape index (κ2) is 6.67. The third-order valence-electron chi connectivity index (χ3n) is 3.90. The van der Waals surface area contributed by atoms with Crippen LogP contribution in [-0.2, 0) is 0 Å². The molecule has 0 spiro atoms. The Balaban J connectivity index is 2.00. The van der Waals surface area contributed by atoms with E-state index < -0.39 is 10.7 Å². The van der Waals surface area contributed by atoms with Gasteiger partial charge in [0.05, 0.1) is 21.9 Å². The van der Waals surface area contributed by atoms with E-state index in [1.807, 2.05) is 31.2 Å². The standard InChI is InChI=1S/C18H16N4O4/c1-11-3-5-13(6-4-11)21-18(24)15(12(2)20-21)10-19-16-9-14(22(25)26)7-8-17(16)23/h3-10,20,23H,1-2H3/p-1. The molecule has 3 aromatic rings. The largest absolute Gasteiger partial charge is 0.871 e. The quantitative estimate of drug-likeness (QED) is 0.441. The van der Waals surface area contributed by atoms with Gasteiger partial charge < -0.3 is 5.11 Å². The lowest BCUT2D eigenvalue weighted by Gasteiger charge is -2.07. The van der Waals surface area contributed by atoms with Crippen LogP contribution in [0.25, 0.3) is 5.69 Å². The van der Waals surface area contributed by atoms with Gasteiger partial charge in [-0.25, -0.2) is 4.68 Å². The molecule has 0 fully saturated rings. The zero-order valence-corrected chi connectivity index (χ0v) is 14.1. The summed E-state index contributed by atoms with van der Waals surface area (Å²) >= 11 is 0. The zero-order chi connectivity index (χ0) is 18.8. The van der Waals surface area contributed by atoms with Crippen LogP contribution in [0.5, 0.6) is 5.75 Å². The summed E-state index contributed by atoms with van der Waals surface area (Å²) in [6, 6.07) is 10.7. The number of nitrogens with zero attached hydrogens (tertiary/aromatic N) is 3. The number of aromatic amines is 1. The Bertz CT molecular complexity index is 1060. The second-order valence-corrected chi connectivity index (χ2v) is 5.79. The minimum atomic E-state index is -0.607. The number of nitro benzene ring substituents is 1. The van der Waals surface area contributed by atoms with Gasteiger partial charge in [0.2, 0.25) is 0 Å². The summed E-state index contributed by atoms with van der Waals surface area (Å²) in [7, 11) is 0. The molecule has 0 aliphatic heterocycles. The molecule has 0 atom stereocenters. The maximum atomic E-state index is 12.6. The van der Waals surface area contributed by atoms with Crippen LogP contribution in [0, 0.1) is 24.0 Å². The normalized spacial score (nSPS) is 11.2. The predicted molar refractivity (Wildman–Crippen MR) is 95.7 cm³/mol. The molecule has 132 valence electrons. The molecular formula is C18H15N4O4-. The Morgan fingerprint density at radius 2 is 1.85 bits per heavy atom. The third-order valence-corrected chi connectivity index (χ3v) is 3.90. The van der Waals surface area contributed by atoms with Crippen LogP contribution in [0.4, 0.5) is 11.4 Å². The summed E-state index contributed by atoms with van der Waals surface area (Å²) in [5.41, 5.74) is 1.92. The van der Waals surface area contributed by atoms with Crippen LogP contribution in [0.3, 0.4) is 0 Å². The van der Waals surface area contributed by atoms with Crippen molar-refractivity contribution in [2.24, 2.45) is 4.99 Å². The highest BCUT2D eigenvalue weighted by Crippen LogP contribution is 2.28. The maximum absolute atomic E-state index is 12.6. The topological polar surface area (TPSA) is 116 Å². The Kier molecular flexibility index (Phi) is 4.40. The van der Waals surface area contributed by atoms with E-state index in [4.69, 9.17) is 0 Å². The van der Waals surface area contributed by atoms with Gasteiger partial charge in [0.25, 0.3) is 11.2 Å². The fourth-order valence-corrected chi connectivity index (χ4v) is 2.44. The maximum Gasteiger partial charge on any atom is 0.280 e. The van der Waals surface area contributed by atoms with Gasteiger partial charge in [-0.3, -0.25) is 25.0 Å². The van der Waals surface area contributed by atoms with Crippen molar-refractivity contribution < 1.29 is 10.0 Å². The van der Waals surface area contributed by atoms with Gasteiger partial charge in [-0.05, 0) is 26.0 Å². The number of nitro groups is 1. The zero-order valence-electron chi connectivity index (χ0n) is 14.1. The number of aliphatic imine (C=N–C) groups is 1. The molecule has 1 aromatic heterocycles. The van der Waals surface area contributed by atoms with Gasteiger partial charge >= 0.3 is 0 Å². The monoisotopic (exact) mass is 351 g/mol. The molecule has 8 nitrogen and oxygen atoms in total.